The van der Waals surface area contributed by atoms with E-state index in [0.29, 0.717) is 11.3 Å². The van der Waals surface area contributed by atoms with E-state index < -0.39 is 0 Å². The molecule has 1 saturated heterocycles. The Labute approximate surface area is 132 Å². The van der Waals surface area contributed by atoms with Gasteiger partial charge in [0.25, 0.3) is 0 Å². The van der Waals surface area contributed by atoms with Crippen molar-refractivity contribution < 1.29 is 9.53 Å². The number of nitrogens with one attached hydrogen (secondary N) is 1. The largest absolute Gasteiger partial charge is 0.497 e. The number of carbonyl (C=O) groups excluding carboxylic acids is 1. The van der Waals surface area contributed by atoms with Crippen molar-refractivity contribution in [1.29, 1.82) is 0 Å². The first-order valence-electron chi connectivity index (χ1n) is 8.19. The van der Waals surface area contributed by atoms with Crippen molar-refractivity contribution in [1.82, 2.24) is 10.2 Å². The molecule has 1 heterocycles. The summed E-state index contributed by atoms with van der Waals surface area (Å²) < 4.78 is 5.19. The third-order valence-corrected chi connectivity index (χ3v) is 5.61. The van der Waals surface area contributed by atoms with Gasteiger partial charge in [-0.15, -0.1) is 0 Å². The molecule has 120 valence electrons. The Bertz CT molecular complexity index is 535. The van der Waals surface area contributed by atoms with Crippen molar-refractivity contribution >= 4 is 5.91 Å². The van der Waals surface area contributed by atoms with Gasteiger partial charge in [-0.1, -0.05) is 12.1 Å². The number of ether oxygens (including phenoxy) is 1. The van der Waals surface area contributed by atoms with Crippen LogP contribution < -0.4 is 10.1 Å². The Balaban J connectivity index is 1.65. The summed E-state index contributed by atoms with van der Waals surface area (Å²) in [6.07, 6.45) is 3.37. The molecule has 1 spiro atoms. The van der Waals surface area contributed by atoms with Crippen LogP contribution >= 0.6 is 0 Å². The summed E-state index contributed by atoms with van der Waals surface area (Å²) in [5.41, 5.74) is 1.45. The van der Waals surface area contributed by atoms with E-state index in [0.717, 1.165) is 43.7 Å². The number of benzene rings is 1. The third-order valence-electron chi connectivity index (χ3n) is 5.61. The van der Waals surface area contributed by atoms with Crippen LogP contribution in [0.15, 0.2) is 24.3 Å². The lowest BCUT2D eigenvalue weighted by atomic mass is 9.91. The maximum Gasteiger partial charge on any atom is 0.226 e. The molecule has 1 aliphatic heterocycles. The Hall–Kier alpha value is -1.55. The number of piperidine rings is 1. The fourth-order valence-electron chi connectivity index (χ4n) is 3.72. The molecule has 1 amide bonds. The number of hydrogen-bond donors (Lipinski definition) is 1. The first-order valence-corrected chi connectivity index (χ1v) is 8.19. The summed E-state index contributed by atoms with van der Waals surface area (Å²) in [7, 11) is 3.60. The monoisotopic (exact) mass is 302 g/mol. The Morgan fingerprint density at radius 3 is 2.55 bits per heavy atom. The lowest BCUT2D eigenvalue weighted by Crippen LogP contribution is -2.35. The SMILES string of the molecule is COc1ccc(C(C)N(C)C(=O)C2CC23CCNCC3)cc1. The van der Waals surface area contributed by atoms with Crippen LogP contribution in [-0.4, -0.2) is 38.1 Å². The van der Waals surface area contributed by atoms with Crippen LogP contribution in [0.5, 0.6) is 5.75 Å². The van der Waals surface area contributed by atoms with Gasteiger partial charge in [-0.2, -0.15) is 0 Å². The summed E-state index contributed by atoms with van der Waals surface area (Å²) in [4.78, 5) is 14.7. The summed E-state index contributed by atoms with van der Waals surface area (Å²) >= 11 is 0. The van der Waals surface area contributed by atoms with Gasteiger partial charge in [0.2, 0.25) is 5.91 Å². The number of rotatable bonds is 4. The zero-order valence-electron chi connectivity index (χ0n) is 13.8. The van der Waals surface area contributed by atoms with Crippen molar-refractivity contribution in [3.05, 3.63) is 29.8 Å². The van der Waals surface area contributed by atoms with E-state index in [1.54, 1.807) is 7.11 Å². The van der Waals surface area contributed by atoms with Crippen molar-refractivity contribution in [2.75, 3.05) is 27.2 Å². The molecule has 1 aliphatic carbocycles. The molecule has 1 aromatic rings. The van der Waals surface area contributed by atoms with E-state index in [-0.39, 0.29) is 12.0 Å². The molecule has 0 bridgehead atoms. The molecule has 4 nitrogen and oxygen atoms in total. The molecule has 0 aromatic heterocycles. The van der Waals surface area contributed by atoms with E-state index in [9.17, 15) is 4.79 Å². The van der Waals surface area contributed by atoms with Gasteiger partial charge >= 0.3 is 0 Å². The molecule has 2 aliphatic rings. The van der Waals surface area contributed by atoms with Gasteiger partial charge in [0.05, 0.1) is 13.2 Å². The second-order valence-corrected chi connectivity index (χ2v) is 6.77. The van der Waals surface area contributed by atoms with Crippen LogP contribution in [0.1, 0.15) is 37.8 Å². The molecule has 3 rings (SSSR count). The normalized spacial score (nSPS) is 23.9. The van der Waals surface area contributed by atoms with Crippen molar-refractivity contribution in [2.45, 2.75) is 32.2 Å². The van der Waals surface area contributed by atoms with Crippen molar-refractivity contribution in [3.8, 4) is 5.75 Å². The lowest BCUT2D eigenvalue weighted by Gasteiger charge is -2.28. The van der Waals surface area contributed by atoms with Gasteiger partial charge in [-0.25, -0.2) is 0 Å². The van der Waals surface area contributed by atoms with Gasteiger partial charge in [0.1, 0.15) is 5.75 Å². The highest BCUT2D eigenvalue weighted by molar-refractivity contribution is 5.83. The fourth-order valence-corrected chi connectivity index (χ4v) is 3.72. The standard InChI is InChI=1S/C18H26N2O2/c1-13(14-4-6-15(22-3)7-5-14)20(2)17(21)16-12-18(16)8-10-19-11-9-18/h4-7,13,16,19H,8-12H2,1-3H3. The second-order valence-electron chi connectivity index (χ2n) is 6.77. The zero-order chi connectivity index (χ0) is 15.7. The Morgan fingerprint density at radius 1 is 1.32 bits per heavy atom. The topological polar surface area (TPSA) is 41.6 Å². The predicted molar refractivity (Wildman–Crippen MR) is 86.8 cm³/mol. The molecule has 2 atom stereocenters. The highest BCUT2D eigenvalue weighted by Crippen LogP contribution is 2.59. The molecule has 22 heavy (non-hydrogen) atoms. The second kappa shape index (κ2) is 5.92. The predicted octanol–water partition coefficient (Wildman–Crippen LogP) is 2.60. The molecule has 2 unspecified atom stereocenters. The first-order chi connectivity index (χ1) is 10.6. The van der Waals surface area contributed by atoms with Crippen LogP contribution in [-0.2, 0) is 4.79 Å². The van der Waals surface area contributed by atoms with Gasteiger partial charge in [-0.05, 0) is 62.4 Å². The molecule has 4 heteroatoms. The quantitative estimate of drug-likeness (QED) is 0.929. The van der Waals surface area contributed by atoms with Crippen LogP contribution in [0.4, 0.5) is 0 Å². The molecule has 1 saturated carbocycles. The van der Waals surface area contributed by atoms with Crippen LogP contribution in [0.2, 0.25) is 0 Å². The van der Waals surface area contributed by atoms with Crippen LogP contribution in [0.3, 0.4) is 0 Å². The minimum atomic E-state index is 0.0952. The van der Waals surface area contributed by atoms with E-state index >= 15 is 0 Å². The van der Waals surface area contributed by atoms with E-state index in [1.807, 2.05) is 36.2 Å². The molecular weight excluding hydrogens is 276 g/mol. The Kier molecular flexibility index (Phi) is 4.13. The van der Waals surface area contributed by atoms with Gasteiger partial charge in [-0.3, -0.25) is 4.79 Å². The number of amides is 1. The highest BCUT2D eigenvalue weighted by Gasteiger charge is 2.58. The first kappa shape index (κ1) is 15.3. The number of hydrogen-bond acceptors (Lipinski definition) is 3. The molecule has 1 aromatic carbocycles. The van der Waals surface area contributed by atoms with Gasteiger partial charge < -0.3 is 15.0 Å². The summed E-state index contributed by atoms with van der Waals surface area (Å²) in [5.74, 6) is 1.39. The number of methoxy groups -OCH3 is 1. The number of carbonyl (C=O) groups is 1. The maximum atomic E-state index is 12.8. The zero-order valence-corrected chi connectivity index (χ0v) is 13.8. The van der Waals surface area contributed by atoms with E-state index in [2.05, 4.69) is 12.2 Å². The van der Waals surface area contributed by atoms with Crippen LogP contribution in [0, 0.1) is 11.3 Å². The summed E-state index contributed by atoms with van der Waals surface area (Å²) in [5, 5.41) is 3.39. The third kappa shape index (κ3) is 2.72. The smallest absolute Gasteiger partial charge is 0.226 e. The van der Waals surface area contributed by atoms with Gasteiger partial charge in [0, 0.05) is 13.0 Å². The molecule has 2 fully saturated rings. The number of nitrogens with zero attached hydrogens (tertiary/aromatic N) is 1. The van der Waals surface area contributed by atoms with Crippen molar-refractivity contribution in [2.24, 2.45) is 11.3 Å². The molecule has 0 radical (unpaired) electrons. The average molecular weight is 302 g/mol. The fraction of sp³-hybridized carbons (Fsp3) is 0.611. The average Bonchev–Trinajstić information content (AvgIpc) is 3.26. The Morgan fingerprint density at radius 2 is 1.95 bits per heavy atom. The molecule has 1 N–H and O–H groups in total. The summed E-state index contributed by atoms with van der Waals surface area (Å²) in [6, 6.07) is 8.09. The van der Waals surface area contributed by atoms with E-state index in [4.69, 9.17) is 4.74 Å². The van der Waals surface area contributed by atoms with Gasteiger partial charge in [0.15, 0.2) is 0 Å². The minimum Gasteiger partial charge on any atom is -0.497 e. The highest BCUT2D eigenvalue weighted by atomic mass is 16.5. The van der Waals surface area contributed by atoms with Crippen molar-refractivity contribution in [3.63, 3.8) is 0 Å². The molecular formula is C18H26N2O2. The maximum absolute atomic E-state index is 12.8. The minimum absolute atomic E-state index is 0.0952. The van der Waals surface area contributed by atoms with Crippen LogP contribution in [0.25, 0.3) is 0 Å². The lowest BCUT2D eigenvalue weighted by molar-refractivity contribution is -0.134. The summed E-state index contributed by atoms with van der Waals surface area (Å²) in [6.45, 7) is 4.21. The van der Waals surface area contributed by atoms with E-state index in [1.165, 1.54) is 0 Å².